The fraction of sp³-hybridized carbons (Fsp3) is 0.588. The molecule has 0 spiro atoms. The zero-order chi connectivity index (χ0) is 16.7. The van der Waals surface area contributed by atoms with Crippen molar-refractivity contribution in [3.05, 3.63) is 35.9 Å². The van der Waals surface area contributed by atoms with Crippen LogP contribution in [-0.2, 0) is 17.3 Å². The number of amides is 2. The molecule has 3 atom stereocenters. The number of urea groups is 1. The lowest BCUT2D eigenvalue weighted by atomic mass is 10.1. The average Bonchev–Trinajstić information content (AvgIpc) is 2.93. The fourth-order valence-electron chi connectivity index (χ4n) is 2.97. The Balaban J connectivity index is 1.65. The molecule has 1 aliphatic heterocycles. The van der Waals surface area contributed by atoms with E-state index in [-0.39, 0.29) is 12.1 Å². The summed E-state index contributed by atoms with van der Waals surface area (Å²) in [6.07, 6.45) is 2.76. The summed E-state index contributed by atoms with van der Waals surface area (Å²) in [6, 6.07) is 10.2. The molecule has 1 heterocycles. The lowest BCUT2D eigenvalue weighted by Crippen LogP contribution is -2.44. The van der Waals surface area contributed by atoms with E-state index in [1.165, 1.54) is 5.56 Å². The lowest BCUT2D eigenvalue weighted by molar-refractivity contribution is 0.236. The molecule has 0 bridgehead atoms. The highest BCUT2D eigenvalue weighted by Crippen LogP contribution is 2.17. The van der Waals surface area contributed by atoms with Crippen LogP contribution in [0.5, 0.6) is 0 Å². The van der Waals surface area contributed by atoms with Crippen LogP contribution in [0.2, 0.25) is 0 Å². The van der Waals surface area contributed by atoms with Crippen LogP contribution < -0.4 is 10.6 Å². The van der Waals surface area contributed by atoms with E-state index in [1.807, 2.05) is 13.0 Å². The molecule has 2 rings (SSSR count). The van der Waals surface area contributed by atoms with Gasteiger partial charge in [-0.15, -0.1) is 0 Å². The van der Waals surface area contributed by atoms with Crippen molar-refractivity contribution in [1.29, 1.82) is 0 Å². The summed E-state index contributed by atoms with van der Waals surface area (Å²) in [7, 11) is -0.891. The third kappa shape index (κ3) is 6.71. The van der Waals surface area contributed by atoms with Gasteiger partial charge in [0, 0.05) is 48.5 Å². The summed E-state index contributed by atoms with van der Waals surface area (Å²) < 4.78 is 11.1. The minimum absolute atomic E-state index is 0.0704. The van der Waals surface area contributed by atoms with Crippen molar-refractivity contribution >= 4 is 16.8 Å². The van der Waals surface area contributed by atoms with E-state index < -0.39 is 10.8 Å². The van der Waals surface area contributed by atoms with Gasteiger partial charge in [0.05, 0.1) is 0 Å². The maximum atomic E-state index is 11.8. The monoisotopic (exact) mass is 337 g/mol. The molecule has 1 fully saturated rings. The number of nitrogens with one attached hydrogen (secondary N) is 2. The second kappa shape index (κ2) is 9.03. The molecule has 0 aliphatic carbocycles. The molecular weight excluding hydrogens is 310 g/mol. The Morgan fingerprint density at radius 1 is 1.39 bits per heavy atom. The maximum Gasteiger partial charge on any atom is 0.315 e. The molecule has 1 aromatic rings. The first-order chi connectivity index (χ1) is 11.0. The molecule has 1 aromatic carbocycles. The molecule has 0 aromatic heterocycles. The van der Waals surface area contributed by atoms with Gasteiger partial charge in [0.25, 0.3) is 0 Å². The molecule has 0 saturated carbocycles. The molecule has 0 unspecified atom stereocenters. The number of hydrogen-bond acceptors (Lipinski definition) is 3. The highest BCUT2D eigenvalue weighted by Gasteiger charge is 2.22. The third-order valence-corrected chi connectivity index (χ3v) is 5.00. The molecule has 0 radical (unpaired) electrons. The molecule has 23 heavy (non-hydrogen) atoms. The topological polar surface area (TPSA) is 61.4 Å². The summed E-state index contributed by atoms with van der Waals surface area (Å²) in [5, 5.41) is 5.77. The van der Waals surface area contributed by atoms with Gasteiger partial charge in [0.1, 0.15) is 0 Å². The van der Waals surface area contributed by atoms with E-state index in [0.29, 0.717) is 18.2 Å². The largest absolute Gasteiger partial charge is 0.338 e. The minimum atomic E-state index is -0.891. The summed E-state index contributed by atoms with van der Waals surface area (Å²) in [5.74, 6) is 0.988. The Morgan fingerprint density at radius 3 is 2.83 bits per heavy atom. The molecule has 1 saturated heterocycles. The van der Waals surface area contributed by atoms with Gasteiger partial charge in [-0.05, 0) is 31.4 Å². The van der Waals surface area contributed by atoms with E-state index in [0.717, 1.165) is 26.1 Å². The number of rotatable bonds is 7. The van der Waals surface area contributed by atoms with Crippen LogP contribution in [0.3, 0.4) is 0 Å². The van der Waals surface area contributed by atoms with Crippen LogP contribution in [0.4, 0.5) is 4.79 Å². The number of benzene rings is 1. The molecular formula is C17H27N3O2S. The van der Waals surface area contributed by atoms with Crippen LogP contribution in [0.1, 0.15) is 18.9 Å². The molecule has 5 nitrogen and oxygen atoms in total. The highest BCUT2D eigenvalue weighted by atomic mass is 32.2. The summed E-state index contributed by atoms with van der Waals surface area (Å²) in [6.45, 7) is 5.64. The zero-order valence-electron chi connectivity index (χ0n) is 14.0. The van der Waals surface area contributed by atoms with Crippen LogP contribution >= 0.6 is 0 Å². The van der Waals surface area contributed by atoms with Gasteiger partial charge >= 0.3 is 6.03 Å². The van der Waals surface area contributed by atoms with Gasteiger partial charge in [-0.2, -0.15) is 0 Å². The Morgan fingerprint density at radius 2 is 2.13 bits per heavy atom. The van der Waals surface area contributed by atoms with E-state index in [4.69, 9.17) is 0 Å². The summed E-state index contributed by atoms with van der Waals surface area (Å²) in [5.41, 5.74) is 1.33. The smallest absolute Gasteiger partial charge is 0.315 e. The van der Waals surface area contributed by atoms with Gasteiger partial charge in [-0.1, -0.05) is 30.3 Å². The van der Waals surface area contributed by atoms with Gasteiger partial charge in [-0.25, -0.2) is 4.79 Å². The Hall–Kier alpha value is -1.40. The van der Waals surface area contributed by atoms with Crippen molar-refractivity contribution in [1.82, 2.24) is 15.5 Å². The first kappa shape index (κ1) is 17.9. The zero-order valence-corrected chi connectivity index (χ0v) is 14.8. The van der Waals surface area contributed by atoms with Gasteiger partial charge in [-0.3, -0.25) is 9.11 Å². The molecule has 1 aliphatic rings. The molecule has 6 heteroatoms. The summed E-state index contributed by atoms with van der Waals surface area (Å²) >= 11 is 0. The second-order valence-corrected chi connectivity index (χ2v) is 7.85. The predicted octanol–water partition coefficient (Wildman–Crippen LogP) is 1.57. The van der Waals surface area contributed by atoms with Gasteiger partial charge < -0.3 is 10.6 Å². The van der Waals surface area contributed by atoms with Crippen molar-refractivity contribution in [3.63, 3.8) is 0 Å². The summed E-state index contributed by atoms with van der Waals surface area (Å²) in [4.78, 5) is 14.3. The Labute approximate surface area is 141 Å². The van der Waals surface area contributed by atoms with Crippen molar-refractivity contribution in [2.75, 3.05) is 31.6 Å². The molecule has 128 valence electrons. The highest BCUT2D eigenvalue weighted by molar-refractivity contribution is 7.84. The maximum absolute atomic E-state index is 11.8. The quantitative estimate of drug-likeness (QED) is 0.794. The van der Waals surface area contributed by atoms with Crippen molar-refractivity contribution in [2.24, 2.45) is 5.92 Å². The normalized spacial score (nSPS) is 20.9. The minimum Gasteiger partial charge on any atom is -0.338 e. The van der Waals surface area contributed by atoms with Gasteiger partial charge in [0.2, 0.25) is 0 Å². The van der Waals surface area contributed by atoms with E-state index in [1.54, 1.807) is 6.26 Å². The number of likely N-dealkylation sites (tertiary alicyclic amines) is 1. The lowest BCUT2D eigenvalue weighted by Gasteiger charge is -2.17. The first-order valence-corrected chi connectivity index (χ1v) is 9.86. The van der Waals surface area contributed by atoms with Crippen LogP contribution in [0.25, 0.3) is 0 Å². The third-order valence-electron chi connectivity index (χ3n) is 4.03. The van der Waals surface area contributed by atoms with Crippen LogP contribution in [0.15, 0.2) is 30.3 Å². The van der Waals surface area contributed by atoms with Crippen LogP contribution in [0, 0.1) is 5.92 Å². The van der Waals surface area contributed by atoms with E-state index >= 15 is 0 Å². The number of nitrogens with zero attached hydrogens (tertiary/aromatic N) is 1. The van der Waals surface area contributed by atoms with E-state index in [2.05, 4.69) is 39.8 Å². The Bertz CT molecular complexity index is 524. The molecule has 2 N–H and O–H groups in total. The van der Waals surface area contributed by atoms with Crippen molar-refractivity contribution < 1.29 is 9.00 Å². The number of carbonyl (C=O) groups is 1. The first-order valence-electron chi connectivity index (χ1n) is 8.13. The van der Waals surface area contributed by atoms with Crippen LogP contribution in [-0.4, -0.2) is 52.8 Å². The average molecular weight is 337 g/mol. The van der Waals surface area contributed by atoms with Crippen molar-refractivity contribution in [3.8, 4) is 0 Å². The SMILES string of the molecule is C[C@H](C[S@@](C)=O)NC(=O)NC[C@@H]1CCN(Cc2ccccc2)C1. The Kier molecular flexibility index (Phi) is 7.05. The molecule has 2 amide bonds. The van der Waals surface area contributed by atoms with Gasteiger partial charge in [0.15, 0.2) is 0 Å². The number of hydrogen-bond donors (Lipinski definition) is 2. The second-order valence-electron chi connectivity index (χ2n) is 6.37. The van der Waals surface area contributed by atoms with E-state index in [9.17, 15) is 9.00 Å². The van der Waals surface area contributed by atoms with Crippen molar-refractivity contribution in [2.45, 2.75) is 25.9 Å². The standard InChI is InChI=1S/C17H27N3O2S/c1-14(13-23(2)22)19-17(21)18-10-16-8-9-20(12-16)11-15-6-4-3-5-7-15/h3-7,14,16H,8-13H2,1-2H3,(H2,18,19,21)/t14-,16+,23-/m1/s1. The number of carbonyl (C=O) groups excluding carboxylic acids is 1. The fourth-order valence-corrected chi connectivity index (χ4v) is 3.76. The predicted molar refractivity (Wildman–Crippen MR) is 94.8 cm³/mol.